The van der Waals surface area contributed by atoms with Crippen LogP contribution >= 0.6 is 0 Å². The van der Waals surface area contributed by atoms with Crippen molar-refractivity contribution in [2.45, 2.75) is 32.2 Å². The SMILES string of the molecule is Cc1c(F)cccc1C(O)C(O)CCNC(=O)OCc1ccccc1. The van der Waals surface area contributed by atoms with Crippen molar-refractivity contribution in [3.8, 4) is 0 Å². The van der Waals surface area contributed by atoms with Crippen LogP contribution in [0.1, 0.15) is 29.2 Å². The van der Waals surface area contributed by atoms with Gasteiger partial charge in [-0.15, -0.1) is 0 Å². The summed E-state index contributed by atoms with van der Waals surface area (Å²) in [4.78, 5) is 11.6. The average molecular weight is 347 g/mol. The Bertz CT molecular complexity index is 693. The van der Waals surface area contributed by atoms with E-state index in [2.05, 4.69) is 5.32 Å². The number of carbonyl (C=O) groups excluding carboxylic acids is 1. The molecule has 25 heavy (non-hydrogen) atoms. The molecule has 5 nitrogen and oxygen atoms in total. The third-order valence-corrected chi connectivity index (χ3v) is 3.91. The Balaban J connectivity index is 1.75. The number of aliphatic hydroxyl groups is 2. The van der Waals surface area contributed by atoms with Gasteiger partial charge in [0.2, 0.25) is 0 Å². The molecule has 2 rings (SSSR count). The van der Waals surface area contributed by atoms with Crippen molar-refractivity contribution >= 4 is 6.09 Å². The fourth-order valence-electron chi connectivity index (χ4n) is 2.41. The van der Waals surface area contributed by atoms with Crippen LogP contribution in [0.15, 0.2) is 48.5 Å². The third-order valence-electron chi connectivity index (χ3n) is 3.91. The molecule has 0 saturated carbocycles. The number of hydrogen-bond donors (Lipinski definition) is 3. The molecule has 3 N–H and O–H groups in total. The lowest BCUT2D eigenvalue weighted by atomic mass is 9.97. The normalized spacial score (nSPS) is 13.1. The first kappa shape index (κ1) is 18.9. The quantitative estimate of drug-likeness (QED) is 0.720. The minimum Gasteiger partial charge on any atom is -0.445 e. The number of carbonyl (C=O) groups is 1. The fourth-order valence-corrected chi connectivity index (χ4v) is 2.41. The predicted octanol–water partition coefficient (Wildman–Crippen LogP) is 2.84. The van der Waals surface area contributed by atoms with Gasteiger partial charge in [-0.1, -0.05) is 42.5 Å². The Morgan fingerprint density at radius 1 is 1.16 bits per heavy atom. The average Bonchev–Trinajstić information content (AvgIpc) is 2.62. The lowest BCUT2D eigenvalue weighted by molar-refractivity contribution is 0.0131. The van der Waals surface area contributed by atoms with Crippen molar-refractivity contribution in [1.29, 1.82) is 0 Å². The summed E-state index contributed by atoms with van der Waals surface area (Å²) in [5, 5.41) is 22.7. The molecule has 0 fully saturated rings. The minimum absolute atomic E-state index is 0.109. The number of aliphatic hydroxyl groups excluding tert-OH is 2. The number of nitrogens with one attached hydrogen (secondary N) is 1. The molecule has 0 saturated heterocycles. The van der Waals surface area contributed by atoms with E-state index in [0.717, 1.165) is 5.56 Å². The van der Waals surface area contributed by atoms with Crippen molar-refractivity contribution in [3.63, 3.8) is 0 Å². The molecule has 2 aromatic carbocycles. The van der Waals surface area contributed by atoms with Gasteiger partial charge in [0.15, 0.2) is 0 Å². The molecule has 0 aromatic heterocycles. The number of halogens is 1. The molecular formula is C19H22FNO4. The molecule has 0 aliphatic heterocycles. The Morgan fingerprint density at radius 2 is 1.88 bits per heavy atom. The second-order valence-electron chi connectivity index (χ2n) is 5.74. The number of amides is 1. The van der Waals surface area contributed by atoms with Crippen LogP contribution < -0.4 is 5.32 Å². The Labute approximate surface area is 146 Å². The van der Waals surface area contributed by atoms with Crippen LogP contribution in [0, 0.1) is 12.7 Å². The van der Waals surface area contributed by atoms with Crippen LogP contribution in [-0.4, -0.2) is 29.0 Å². The number of benzene rings is 2. The van der Waals surface area contributed by atoms with Crippen LogP contribution in [0.4, 0.5) is 9.18 Å². The first-order chi connectivity index (χ1) is 12.0. The van der Waals surface area contributed by atoms with Crippen LogP contribution in [0.3, 0.4) is 0 Å². The summed E-state index contributed by atoms with van der Waals surface area (Å²) in [6.07, 6.45) is -2.85. The highest BCUT2D eigenvalue weighted by Crippen LogP contribution is 2.23. The summed E-state index contributed by atoms with van der Waals surface area (Å²) in [6, 6.07) is 13.6. The summed E-state index contributed by atoms with van der Waals surface area (Å²) >= 11 is 0. The van der Waals surface area contributed by atoms with E-state index in [9.17, 15) is 19.4 Å². The van der Waals surface area contributed by atoms with Gasteiger partial charge in [-0.2, -0.15) is 0 Å². The van der Waals surface area contributed by atoms with E-state index in [1.165, 1.54) is 12.1 Å². The van der Waals surface area contributed by atoms with Gasteiger partial charge in [-0.05, 0) is 36.1 Å². The highest BCUT2D eigenvalue weighted by atomic mass is 19.1. The molecule has 0 radical (unpaired) electrons. The Kier molecular flexibility index (Phi) is 6.91. The minimum atomic E-state index is -1.22. The molecule has 2 atom stereocenters. The van der Waals surface area contributed by atoms with Crippen molar-refractivity contribution in [3.05, 3.63) is 71.0 Å². The molecule has 0 aliphatic rings. The van der Waals surface area contributed by atoms with Gasteiger partial charge in [0.1, 0.15) is 18.5 Å². The third kappa shape index (κ3) is 5.55. The van der Waals surface area contributed by atoms with Gasteiger partial charge in [-0.3, -0.25) is 0 Å². The van der Waals surface area contributed by atoms with Gasteiger partial charge in [0.05, 0.1) is 6.10 Å². The molecular weight excluding hydrogens is 325 g/mol. The van der Waals surface area contributed by atoms with E-state index < -0.39 is 24.1 Å². The van der Waals surface area contributed by atoms with E-state index in [-0.39, 0.29) is 19.6 Å². The van der Waals surface area contributed by atoms with E-state index >= 15 is 0 Å². The summed E-state index contributed by atoms with van der Waals surface area (Å²) in [5.41, 5.74) is 1.50. The standard InChI is InChI=1S/C19H22FNO4/c1-13-15(8-5-9-16(13)20)18(23)17(22)10-11-21-19(24)25-12-14-6-3-2-4-7-14/h2-9,17-18,22-23H,10-12H2,1H3,(H,21,24). The highest BCUT2D eigenvalue weighted by molar-refractivity contribution is 5.67. The number of rotatable bonds is 7. The molecule has 2 unspecified atom stereocenters. The number of ether oxygens (including phenoxy) is 1. The second kappa shape index (κ2) is 9.15. The van der Waals surface area contributed by atoms with Crippen molar-refractivity contribution in [2.75, 3.05) is 6.54 Å². The van der Waals surface area contributed by atoms with E-state index in [1.807, 2.05) is 30.3 Å². The zero-order valence-electron chi connectivity index (χ0n) is 14.0. The Hall–Kier alpha value is -2.44. The number of hydrogen-bond acceptors (Lipinski definition) is 4. The van der Waals surface area contributed by atoms with E-state index in [4.69, 9.17) is 4.74 Å². The molecule has 0 bridgehead atoms. The van der Waals surface area contributed by atoms with Crippen molar-refractivity contribution < 1.29 is 24.1 Å². The smallest absolute Gasteiger partial charge is 0.407 e. The largest absolute Gasteiger partial charge is 0.445 e. The maximum atomic E-state index is 13.5. The van der Waals surface area contributed by atoms with Gasteiger partial charge >= 0.3 is 6.09 Å². The van der Waals surface area contributed by atoms with E-state index in [0.29, 0.717) is 11.1 Å². The number of alkyl carbamates (subject to hydrolysis) is 1. The van der Waals surface area contributed by atoms with Gasteiger partial charge in [0.25, 0.3) is 0 Å². The highest BCUT2D eigenvalue weighted by Gasteiger charge is 2.21. The summed E-state index contributed by atoms with van der Waals surface area (Å²) in [7, 11) is 0. The maximum Gasteiger partial charge on any atom is 0.407 e. The van der Waals surface area contributed by atoms with Crippen LogP contribution in [0.2, 0.25) is 0 Å². The lowest BCUT2D eigenvalue weighted by Crippen LogP contribution is -2.30. The first-order valence-corrected chi connectivity index (χ1v) is 8.04. The van der Waals surface area contributed by atoms with Crippen molar-refractivity contribution in [2.24, 2.45) is 0 Å². The van der Waals surface area contributed by atoms with E-state index in [1.54, 1.807) is 13.0 Å². The predicted molar refractivity (Wildman–Crippen MR) is 91.4 cm³/mol. The molecule has 0 spiro atoms. The Morgan fingerprint density at radius 3 is 2.60 bits per heavy atom. The summed E-state index contributed by atoms with van der Waals surface area (Å²) in [6.45, 7) is 1.82. The second-order valence-corrected chi connectivity index (χ2v) is 5.74. The monoisotopic (exact) mass is 347 g/mol. The van der Waals surface area contributed by atoms with Gasteiger partial charge in [-0.25, -0.2) is 9.18 Å². The molecule has 2 aromatic rings. The lowest BCUT2D eigenvalue weighted by Gasteiger charge is -2.20. The fraction of sp³-hybridized carbons (Fsp3) is 0.316. The van der Waals surface area contributed by atoms with Crippen LogP contribution in [0.5, 0.6) is 0 Å². The van der Waals surface area contributed by atoms with Crippen molar-refractivity contribution in [1.82, 2.24) is 5.32 Å². The molecule has 0 heterocycles. The zero-order valence-corrected chi connectivity index (χ0v) is 14.0. The molecule has 6 heteroatoms. The molecule has 0 aliphatic carbocycles. The molecule has 1 amide bonds. The van der Waals surface area contributed by atoms with Gasteiger partial charge < -0.3 is 20.3 Å². The first-order valence-electron chi connectivity index (χ1n) is 8.04. The van der Waals surface area contributed by atoms with Crippen LogP contribution in [0.25, 0.3) is 0 Å². The van der Waals surface area contributed by atoms with Gasteiger partial charge in [0, 0.05) is 6.54 Å². The zero-order chi connectivity index (χ0) is 18.2. The topological polar surface area (TPSA) is 78.8 Å². The summed E-state index contributed by atoms with van der Waals surface area (Å²) < 4.78 is 18.6. The summed E-state index contributed by atoms with van der Waals surface area (Å²) in [5.74, 6) is -0.439. The van der Waals surface area contributed by atoms with Crippen LogP contribution in [-0.2, 0) is 11.3 Å². The maximum absolute atomic E-state index is 13.5. The molecule has 134 valence electrons.